The number of anilines is 1. The zero-order chi connectivity index (χ0) is 45.7. The van der Waals surface area contributed by atoms with E-state index >= 15 is 17.6 Å². The fraction of sp³-hybridized carbons (Fsp3) is 0.390. The lowest BCUT2D eigenvalue weighted by molar-refractivity contribution is -0.123. The summed E-state index contributed by atoms with van der Waals surface area (Å²) in [6, 6.07) is 6.54. The molecule has 3 aromatic heterocycles. The van der Waals surface area contributed by atoms with Crippen LogP contribution in [0.15, 0.2) is 53.3 Å². The first-order chi connectivity index (χ1) is 29.4. The molecule has 22 heteroatoms. The van der Waals surface area contributed by atoms with Crippen molar-refractivity contribution in [2.45, 2.75) is 76.3 Å². The van der Waals surface area contributed by atoms with Crippen LogP contribution in [0.1, 0.15) is 85.4 Å². The Hall–Kier alpha value is -5.57. The molecule has 1 fully saturated rings. The van der Waals surface area contributed by atoms with E-state index in [1.54, 1.807) is 13.8 Å². The minimum Gasteiger partial charge on any atom is -0.344 e. The van der Waals surface area contributed by atoms with Crippen molar-refractivity contribution >= 4 is 55.2 Å². The number of hydrogen-bond acceptors (Lipinski definition) is 7. The van der Waals surface area contributed by atoms with Gasteiger partial charge in [-0.05, 0) is 66.6 Å². The minimum atomic E-state index is -3.96. The monoisotopic (exact) mass is 924 g/mol. The van der Waals surface area contributed by atoms with Crippen LogP contribution in [0, 0.1) is 23.5 Å². The number of fused-ring (bicyclic) bond motifs is 5. The molecule has 12 nitrogen and oxygen atoms in total. The quantitative estimate of drug-likeness (QED) is 0.104. The second kappa shape index (κ2) is 15.6. The van der Waals surface area contributed by atoms with Gasteiger partial charge in [0.15, 0.2) is 5.82 Å². The number of nitrogens with zero attached hydrogens (tertiary/aromatic N) is 6. The summed E-state index contributed by atoms with van der Waals surface area (Å²) >= 11 is 6.58. The Kier molecular flexibility index (Phi) is 10.9. The van der Waals surface area contributed by atoms with Crippen LogP contribution in [0.25, 0.3) is 27.5 Å². The van der Waals surface area contributed by atoms with Gasteiger partial charge < -0.3 is 5.32 Å². The van der Waals surface area contributed by atoms with Crippen LogP contribution in [-0.2, 0) is 46.7 Å². The van der Waals surface area contributed by atoms with Crippen molar-refractivity contribution in [2.75, 3.05) is 11.0 Å². The molecule has 0 saturated heterocycles. The summed E-state index contributed by atoms with van der Waals surface area (Å²) in [5.74, 6) is -13.1. The largest absolute Gasteiger partial charge is 0.344 e. The maximum atomic E-state index is 15.7. The topological polar surface area (TPSA) is 146 Å². The summed E-state index contributed by atoms with van der Waals surface area (Å²) < 4.78 is 150. The number of rotatable bonds is 14. The van der Waals surface area contributed by atoms with Crippen molar-refractivity contribution < 1.29 is 48.3 Å². The van der Waals surface area contributed by atoms with Crippen LogP contribution in [0.5, 0.6) is 0 Å². The Morgan fingerprint density at radius 3 is 2.40 bits per heavy atom. The summed E-state index contributed by atoms with van der Waals surface area (Å²) in [4.78, 5) is 33.6. The van der Waals surface area contributed by atoms with Crippen LogP contribution in [0.3, 0.4) is 0 Å². The molecular formula is C41H37ClF8N8O4S. The lowest BCUT2D eigenvalue weighted by Crippen LogP contribution is -2.38. The highest BCUT2D eigenvalue weighted by Crippen LogP contribution is 2.68. The third kappa shape index (κ3) is 8.13. The van der Waals surface area contributed by atoms with Gasteiger partial charge in [-0.15, -0.1) is 0 Å². The van der Waals surface area contributed by atoms with Crippen molar-refractivity contribution in [3.05, 3.63) is 109 Å². The van der Waals surface area contributed by atoms with Crippen LogP contribution in [-0.4, -0.2) is 49.7 Å². The molecule has 0 unspecified atom stereocenters. The van der Waals surface area contributed by atoms with Crippen LogP contribution >= 0.6 is 11.6 Å². The van der Waals surface area contributed by atoms with Gasteiger partial charge in [-0.25, -0.2) is 39.7 Å². The highest BCUT2D eigenvalue weighted by Gasteiger charge is 2.67. The molecule has 0 radical (unpaired) electrons. The molecule has 0 bridgehead atoms. The molecule has 334 valence electrons. The zero-order valence-electron chi connectivity index (χ0n) is 33.7. The summed E-state index contributed by atoms with van der Waals surface area (Å²) in [7, 11) is -2.57. The number of carbonyl (C=O) groups is 1. The molecule has 3 aromatic carbocycles. The molecule has 1 saturated carbocycles. The van der Waals surface area contributed by atoms with Gasteiger partial charge in [0, 0.05) is 43.0 Å². The third-order valence-electron chi connectivity index (χ3n) is 11.3. The Bertz CT molecular complexity index is 3010. The van der Waals surface area contributed by atoms with E-state index in [2.05, 4.69) is 25.2 Å². The molecule has 1 amide bonds. The summed E-state index contributed by atoms with van der Waals surface area (Å²) in [5.41, 5.74) is -4.00. The molecule has 2 N–H and O–H groups in total. The van der Waals surface area contributed by atoms with Crippen molar-refractivity contribution in [3.8, 4) is 5.69 Å². The lowest BCUT2D eigenvalue weighted by Gasteiger charge is -2.24. The standard InChI is InChI=1S/C41H37ClF8N8O4S/c1-18(2)9-10-40(47,48)20-5-6-23-27(14-20)52-38(58(39(23)60)29-8-7-26(42)32-34(29)56(3)54-37(32)55-63(4,61)62)28(13-19-11-21(43)15-22(44)12-19)51-30(59)17-57-35-31(33(53-57)36(45)46)24-16-25(24)41(35,49)50/h5-8,11-12,14-15,18,24-25,28,36H,9-10,13,16-17H2,1-4H3,(H,51,59)(H,54,55)/t24-,25+,28-/m0/s1. The van der Waals surface area contributed by atoms with E-state index in [1.807, 2.05) is 0 Å². The van der Waals surface area contributed by atoms with Crippen molar-refractivity contribution in [1.82, 2.24) is 34.4 Å². The van der Waals surface area contributed by atoms with Crippen LogP contribution in [0.4, 0.5) is 40.9 Å². The molecule has 6 aromatic rings. The number of benzene rings is 3. The molecule has 0 aliphatic heterocycles. The predicted octanol–water partition coefficient (Wildman–Crippen LogP) is 8.55. The van der Waals surface area contributed by atoms with E-state index < -0.39 is 111 Å². The van der Waals surface area contributed by atoms with Gasteiger partial charge in [0.2, 0.25) is 15.9 Å². The van der Waals surface area contributed by atoms with E-state index in [1.165, 1.54) is 23.9 Å². The predicted molar refractivity (Wildman–Crippen MR) is 216 cm³/mol. The highest BCUT2D eigenvalue weighted by atomic mass is 35.5. The normalized spacial score (nSPS) is 17.4. The fourth-order valence-electron chi connectivity index (χ4n) is 8.42. The SMILES string of the molecule is CC(C)CCC(F)(F)c1ccc2c(=O)n(-c3ccc(Cl)c4c(NS(C)(=O)=O)nn(C)c34)c([C@H](Cc3cc(F)cc(F)c3)NC(=O)Cn3nc(C(F)F)c4c3C(F)(F)[C@@H]3C[C@H]43)nc2c1. The van der Waals surface area contributed by atoms with Crippen LogP contribution in [0.2, 0.25) is 5.02 Å². The first kappa shape index (κ1) is 44.1. The second-order valence-corrected chi connectivity index (χ2v) is 18.6. The highest BCUT2D eigenvalue weighted by molar-refractivity contribution is 7.92. The summed E-state index contributed by atoms with van der Waals surface area (Å²) in [6.07, 6.45) is -3.42. The van der Waals surface area contributed by atoms with Gasteiger partial charge in [0.1, 0.15) is 35.4 Å². The number of nitrogens with one attached hydrogen (secondary N) is 2. The number of halogens is 9. The molecular weight excluding hydrogens is 888 g/mol. The zero-order valence-corrected chi connectivity index (χ0v) is 35.2. The third-order valence-corrected chi connectivity index (χ3v) is 12.1. The molecule has 0 spiro atoms. The second-order valence-electron chi connectivity index (χ2n) is 16.4. The summed E-state index contributed by atoms with van der Waals surface area (Å²) in [6.45, 7) is 2.48. The van der Waals surface area contributed by atoms with Gasteiger partial charge in [-0.2, -0.15) is 19.0 Å². The number of amides is 1. The van der Waals surface area contributed by atoms with Gasteiger partial charge in [-0.1, -0.05) is 31.5 Å². The Labute approximate surface area is 358 Å². The number of aryl methyl sites for hydroxylation is 1. The van der Waals surface area contributed by atoms with E-state index in [-0.39, 0.29) is 68.2 Å². The number of sulfonamides is 1. The number of carbonyl (C=O) groups excluding carboxylic acids is 1. The molecule has 2 aliphatic rings. The fourth-order valence-corrected chi connectivity index (χ4v) is 9.16. The van der Waals surface area contributed by atoms with Crippen molar-refractivity contribution in [2.24, 2.45) is 18.9 Å². The lowest BCUT2D eigenvalue weighted by atomic mass is 9.98. The maximum Gasteiger partial charge on any atom is 0.293 e. The Morgan fingerprint density at radius 1 is 1.05 bits per heavy atom. The van der Waals surface area contributed by atoms with Crippen molar-refractivity contribution in [1.29, 1.82) is 0 Å². The molecule has 2 aliphatic carbocycles. The van der Waals surface area contributed by atoms with E-state index in [0.717, 1.165) is 41.2 Å². The molecule has 8 rings (SSSR count). The van der Waals surface area contributed by atoms with Gasteiger partial charge in [-0.3, -0.25) is 28.2 Å². The Balaban J connectivity index is 1.34. The van der Waals surface area contributed by atoms with Crippen LogP contribution < -0.4 is 15.6 Å². The van der Waals surface area contributed by atoms with E-state index in [9.17, 15) is 35.6 Å². The van der Waals surface area contributed by atoms with Gasteiger partial charge >= 0.3 is 0 Å². The summed E-state index contributed by atoms with van der Waals surface area (Å²) in [5, 5.41) is 10.3. The first-order valence-corrected chi connectivity index (χ1v) is 21.8. The number of hydrogen-bond donors (Lipinski definition) is 2. The van der Waals surface area contributed by atoms with E-state index in [4.69, 9.17) is 11.6 Å². The molecule has 63 heavy (non-hydrogen) atoms. The minimum absolute atomic E-state index is 0.00526. The number of aromatic nitrogens is 6. The first-order valence-electron chi connectivity index (χ1n) is 19.5. The maximum absolute atomic E-state index is 15.7. The van der Waals surface area contributed by atoms with Gasteiger partial charge in [0.25, 0.3) is 23.8 Å². The Morgan fingerprint density at radius 2 is 1.75 bits per heavy atom. The smallest absolute Gasteiger partial charge is 0.293 e. The van der Waals surface area contributed by atoms with Crippen molar-refractivity contribution in [3.63, 3.8) is 0 Å². The molecule has 3 heterocycles. The average Bonchev–Trinajstić information content (AvgIpc) is 3.72. The average molecular weight is 925 g/mol. The number of alkyl halides is 6. The molecule has 3 atom stereocenters. The van der Waals surface area contributed by atoms with Gasteiger partial charge in [0.05, 0.1) is 44.8 Å². The van der Waals surface area contributed by atoms with E-state index in [0.29, 0.717) is 10.7 Å².